The van der Waals surface area contributed by atoms with E-state index in [1.807, 2.05) is 0 Å². The molecule has 0 aromatic rings. The maximum Gasteiger partial charge on any atom is 0.513 e. The average molecular weight is 194 g/mol. The molecule has 0 fully saturated rings. The molecule has 74 valence electrons. The fourth-order valence-electron chi connectivity index (χ4n) is 0.410. The summed E-state index contributed by atoms with van der Waals surface area (Å²) < 4.78 is 3.39. The molecule has 0 aliphatic rings. The summed E-state index contributed by atoms with van der Waals surface area (Å²) in [5, 5.41) is 33.1. The molecule has 0 amide bonds. The van der Waals surface area contributed by atoms with Crippen molar-refractivity contribution in [1.29, 1.82) is 0 Å². The molecule has 0 saturated heterocycles. The fraction of sp³-hybridized carbons (Fsp3) is 0.400. The minimum absolute atomic E-state index is 1.75. The van der Waals surface area contributed by atoms with E-state index < -0.39 is 30.3 Å². The Hall–Kier alpha value is -1.67. The Labute approximate surface area is 71.0 Å². The van der Waals surface area contributed by atoms with E-state index in [0.717, 1.165) is 0 Å². The van der Waals surface area contributed by atoms with Crippen molar-refractivity contribution in [2.24, 2.45) is 0 Å². The lowest BCUT2D eigenvalue weighted by atomic mass is 10.2. The van der Waals surface area contributed by atoms with Gasteiger partial charge in [-0.2, -0.15) is 0 Å². The number of rotatable bonds is 3. The van der Waals surface area contributed by atoms with Crippen LogP contribution < -0.4 is 0 Å². The number of hydrogen-bond donors (Lipinski definition) is 4. The van der Waals surface area contributed by atoms with E-state index in [-0.39, 0.29) is 0 Å². The number of carbonyl (C=O) groups excluding carboxylic acids is 1. The summed E-state index contributed by atoms with van der Waals surface area (Å²) in [6, 6.07) is 0. The van der Waals surface area contributed by atoms with E-state index in [9.17, 15) is 14.4 Å². The zero-order chi connectivity index (χ0) is 10.6. The lowest BCUT2D eigenvalue weighted by molar-refractivity contribution is -0.166. The SMILES string of the molecule is O=C(O)OC(=O)C(O)C(O)C(=O)O. The fourth-order valence-corrected chi connectivity index (χ4v) is 0.410. The maximum absolute atomic E-state index is 10.4. The van der Waals surface area contributed by atoms with Gasteiger partial charge in [0.15, 0.2) is 12.2 Å². The number of carbonyl (C=O) groups is 3. The van der Waals surface area contributed by atoms with Gasteiger partial charge in [0.25, 0.3) is 0 Å². The Balaban J connectivity index is 4.25. The molecule has 0 rings (SSSR count). The van der Waals surface area contributed by atoms with Gasteiger partial charge in [-0.1, -0.05) is 0 Å². The normalized spacial score (nSPS) is 14.3. The van der Waals surface area contributed by atoms with Gasteiger partial charge in [0.2, 0.25) is 0 Å². The highest BCUT2D eigenvalue weighted by Crippen LogP contribution is 1.97. The van der Waals surface area contributed by atoms with Crippen LogP contribution in [-0.2, 0) is 14.3 Å². The predicted molar refractivity (Wildman–Crippen MR) is 33.8 cm³/mol. The first-order valence-corrected chi connectivity index (χ1v) is 2.89. The van der Waals surface area contributed by atoms with E-state index in [2.05, 4.69) is 4.74 Å². The second kappa shape index (κ2) is 4.38. The summed E-state index contributed by atoms with van der Waals surface area (Å²) in [7, 11) is 0. The largest absolute Gasteiger partial charge is 0.513 e. The Morgan fingerprint density at radius 2 is 1.46 bits per heavy atom. The summed E-state index contributed by atoms with van der Waals surface area (Å²) in [5.41, 5.74) is 0. The molecule has 0 aliphatic heterocycles. The van der Waals surface area contributed by atoms with Crippen LogP contribution in [-0.4, -0.2) is 50.7 Å². The van der Waals surface area contributed by atoms with Crippen molar-refractivity contribution in [3.63, 3.8) is 0 Å². The molecular weight excluding hydrogens is 188 g/mol. The lowest BCUT2D eigenvalue weighted by Gasteiger charge is -2.10. The molecule has 8 nitrogen and oxygen atoms in total. The van der Waals surface area contributed by atoms with Crippen LogP contribution in [0.25, 0.3) is 0 Å². The third-order valence-electron chi connectivity index (χ3n) is 0.981. The second-order valence-corrected chi connectivity index (χ2v) is 1.91. The van der Waals surface area contributed by atoms with Crippen molar-refractivity contribution in [3.8, 4) is 0 Å². The van der Waals surface area contributed by atoms with E-state index in [4.69, 9.17) is 20.4 Å². The highest BCUT2D eigenvalue weighted by molar-refractivity contribution is 5.88. The minimum atomic E-state index is -2.42. The van der Waals surface area contributed by atoms with Crippen molar-refractivity contribution in [2.45, 2.75) is 12.2 Å². The summed E-state index contributed by atoms with van der Waals surface area (Å²) in [5.74, 6) is -3.61. The Kier molecular flexibility index (Phi) is 3.82. The predicted octanol–water partition coefficient (Wildman–Crippen LogP) is -1.99. The number of carboxylic acid groups (broad SMARTS) is 2. The first-order valence-electron chi connectivity index (χ1n) is 2.89. The first kappa shape index (κ1) is 11.3. The van der Waals surface area contributed by atoms with Crippen molar-refractivity contribution in [1.82, 2.24) is 0 Å². The van der Waals surface area contributed by atoms with Crippen LogP contribution in [0.5, 0.6) is 0 Å². The van der Waals surface area contributed by atoms with Crippen LogP contribution in [0.15, 0.2) is 0 Å². The molecule has 0 aliphatic carbocycles. The van der Waals surface area contributed by atoms with Crippen molar-refractivity contribution in [3.05, 3.63) is 0 Å². The maximum atomic E-state index is 10.4. The first-order chi connectivity index (χ1) is 5.86. The Morgan fingerprint density at radius 1 is 1.00 bits per heavy atom. The van der Waals surface area contributed by atoms with Crippen LogP contribution in [0.1, 0.15) is 0 Å². The number of esters is 1. The monoisotopic (exact) mass is 194 g/mol. The number of aliphatic hydroxyl groups is 2. The summed E-state index contributed by atoms with van der Waals surface area (Å²) in [4.78, 5) is 30.1. The molecule has 0 aromatic heterocycles. The van der Waals surface area contributed by atoms with Crippen molar-refractivity contribution < 1.29 is 39.5 Å². The van der Waals surface area contributed by atoms with Gasteiger partial charge in [-0.15, -0.1) is 0 Å². The quantitative estimate of drug-likeness (QED) is 0.299. The second-order valence-electron chi connectivity index (χ2n) is 1.91. The number of aliphatic carboxylic acids is 1. The van der Waals surface area contributed by atoms with Crippen LogP contribution in [0.4, 0.5) is 4.79 Å². The highest BCUT2D eigenvalue weighted by atomic mass is 16.7. The third kappa shape index (κ3) is 3.49. The molecule has 0 radical (unpaired) electrons. The summed E-state index contributed by atoms with van der Waals surface area (Å²) in [6.07, 6.45) is -6.83. The number of aliphatic hydroxyl groups excluding tert-OH is 2. The molecule has 4 N–H and O–H groups in total. The molecule has 0 saturated carbocycles. The molecule has 2 atom stereocenters. The number of hydrogen-bond acceptors (Lipinski definition) is 6. The van der Waals surface area contributed by atoms with Gasteiger partial charge in [0, 0.05) is 0 Å². The molecule has 2 unspecified atom stereocenters. The molecule has 0 heterocycles. The summed E-state index contributed by atoms with van der Waals surface area (Å²) >= 11 is 0. The van der Waals surface area contributed by atoms with Crippen molar-refractivity contribution in [2.75, 3.05) is 0 Å². The number of ether oxygens (including phenoxy) is 1. The van der Waals surface area contributed by atoms with E-state index in [0.29, 0.717) is 0 Å². The molecule has 13 heavy (non-hydrogen) atoms. The van der Waals surface area contributed by atoms with Gasteiger partial charge in [-0.05, 0) is 0 Å². The van der Waals surface area contributed by atoms with Gasteiger partial charge >= 0.3 is 18.1 Å². The summed E-state index contributed by atoms with van der Waals surface area (Å²) in [6.45, 7) is 0. The zero-order valence-corrected chi connectivity index (χ0v) is 6.08. The standard InChI is InChI=1S/C5H6O8/c6-1(3(8)9)2(7)4(10)13-5(11)12/h1-2,6-7H,(H,8,9)(H,11,12). The van der Waals surface area contributed by atoms with Crippen LogP contribution in [0, 0.1) is 0 Å². The smallest absolute Gasteiger partial charge is 0.479 e. The molecule has 8 heteroatoms. The molecule has 0 aromatic carbocycles. The lowest BCUT2D eigenvalue weighted by Crippen LogP contribution is -2.41. The molecule has 0 spiro atoms. The van der Waals surface area contributed by atoms with E-state index in [1.54, 1.807) is 0 Å². The van der Waals surface area contributed by atoms with Gasteiger partial charge in [0.05, 0.1) is 0 Å². The van der Waals surface area contributed by atoms with Gasteiger partial charge in [-0.25, -0.2) is 14.4 Å². The van der Waals surface area contributed by atoms with Crippen LogP contribution in [0.2, 0.25) is 0 Å². The zero-order valence-electron chi connectivity index (χ0n) is 6.08. The average Bonchev–Trinajstić information content (AvgIpc) is 2.00. The molecular formula is C5H6O8. The van der Waals surface area contributed by atoms with Gasteiger partial charge in [-0.3, -0.25) is 0 Å². The highest BCUT2D eigenvalue weighted by Gasteiger charge is 2.32. The van der Waals surface area contributed by atoms with E-state index >= 15 is 0 Å². The minimum Gasteiger partial charge on any atom is -0.479 e. The van der Waals surface area contributed by atoms with Gasteiger partial charge < -0.3 is 25.2 Å². The Bertz CT molecular complexity index is 233. The topological polar surface area (TPSA) is 141 Å². The van der Waals surface area contributed by atoms with Gasteiger partial charge in [0.1, 0.15) is 0 Å². The third-order valence-corrected chi connectivity index (χ3v) is 0.981. The van der Waals surface area contributed by atoms with Crippen molar-refractivity contribution >= 4 is 18.1 Å². The van der Waals surface area contributed by atoms with Crippen LogP contribution in [0.3, 0.4) is 0 Å². The number of carboxylic acids is 1. The van der Waals surface area contributed by atoms with Crippen LogP contribution >= 0.6 is 0 Å². The molecule has 0 bridgehead atoms. The van der Waals surface area contributed by atoms with E-state index in [1.165, 1.54) is 0 Å². The Morgan fingerprint density at radius 3 is 1.77 bits per heavy atom.